The number of hydrogen-bond donors (Lipinski definition) is 3. The second kappa shape index (κ2) is 6.03. The molecule has 1 aliphatic rings. The lowest BCUT2D eigenvalue weighted by molar-refractivity contribution is 0.477. The molecule has 0 radical (unpaired) electrons. The fourth-order valence-electron chi connectivity index (χ4n) is 3.08. The third-order valence-electron chi connectivity index (χ3n) is 4.36. The van der Waals surface area contributed by atoms with Crippen LogP contribution in [0.1, 0.15) is 5.56 Å². The van der Waals surface area contributed by atoms with Crippen molar-refractivity contribution in [1.29, 1.82) is 5.41 Å². The third-order valence-corrected chi connectivity index (χ3v) is 4.58. The topological polar surface area (TPSA) is 112 Å². The maximum atomic E-state index is 10.2. The van der Waals surface area contributed by atoms with Crippen LogP contribution in [-0.2, 0) is 0 Å². The van der Waals surface area contributed by atoms with E-state index in [2.05, 4.69) is 9.97 Å². The van der Waals surface area contributed by atoms with Gasteiger partial charge in [0.15, 0.2) is 5.58 Å². The quantitative estimate of drug-likeness (QED) is 0.611. The number of fused-ring (bicyclic) bond motifs is 1. The van der Waals surface area contributed by atoms with Gasteiger partial charge in [-0.05, 0) is 36.8 Å². The molecule has 4 rings (SSSR count). The molecule has 0 saturated carbocycles. The Labute approximate surface area is 154 Å². The zero-order chi connectivity index (χ0) is 18.4. The summed E-state index contributed by atoms with van der Waals surface area (Å²) in [6, 6.07) is 7.20. The van der Waals surface area contributed by atoms with Gasteiger partial charge in [0.1, 0.15) is 5.75 Å². The van der Waals surface area contributed by atoms with Gasteiger partial charge in [-0.2, -0.15) is 4.98 Å². The van der Waals surface area contributed by atoms with E-state index in [1.807, 2.05) is 11.8 Å². The summed E-state index contributed by atoms with van der Waals surface area (Å²) < 4.78 is 5.77. The molecule has 0 aliphatic carbocycles. The van der Waals surface area contributed by atoms with Crippen LogP contribution in [0.25, 0.3) is 22.5 Å². The summed E-state index contributed by atoms with van der Waals surface area (Å²) in [6.45, 7) is 2.80. The first kappa shape index (κ1) is 16.4. The molecule has 0 atom stereocenters. The summed E-state index contributed by atoms with van der Waals surface area (Å²) in [4.78, 5) is 10.8. The van der Waals surface area contributed by atoms with E-state index in [1.54, 1.807) is 18.2 Å². The first-order valence-corrected chi connectivity index (χ1v) is 8.34. The lowest BCUT2D eigenvalue weighted by Crippen LogP contribution is -2.22. The zero-order valence-corrected chi connectivity index (χ0v) is 14.7. The molecule has 0 saturated heterocycles. The van der Waals surface area contributed by atoms with Gasteiger partial charge in [0.25, 0.3) is 0 Å². The molecular weight excluding hydrogens is 354 g/mol. The molecule has 3 heterocycles. The normalized spacial score (nSPS) is 14.5. The van der Waals surface area contributed by atoms with Crippen LogP contribution in [0, 0.1) is 12.3 Å². The number of anilines is 1. The Morgan fingerprint density at radius 2 is 2.12 bits per heavy atom. The van der Waals surface area contributed by atoms with E-state index in [0.717, 1.165) is 11.1 Å². The predicted molar refractivity (Wildman–Crippen MR) is 101 cm³/mol. The monoisotopic (exact) mass is 369 g/mol. The van der Waals surface area contributed by atoms with E-state index in [4.69, 9.17) is 27.2 Å². The lowest BCUT2D eigenvalue weighted by atomic mass is 10.0. The van der Waals surface area contributed by atoms with Gasteiger partial charge >= 0.3 is 6.01 Å². The van der Waals surface area contributed by atoms with Gasteiger partial charge in [-0.15, -0.1) is 0 Å². The fourth-order valence-corrected chi connectivity index (χ4v) is 3.35. The molecule has 8 heteroatoms. The lowest BCUT2D eigenvalue weighted by Gasteiger charge is -2.11. The van der Waals surface area contributed by atoms with E-state index in [1.165, 1.54) is 12.3 Å². The molecule has 0 fully saturated rings. The zero-order valence-electron chi connectivity index (χ0n) is 14.0. The second-order valence-electron chi connectivity index (χ2n) is 6.18. The first-order valence-electron chi connectivity index (χ1n) is 7.96. The molecule has 0 spiro atoms. The van der Waals surface area contributed by atoms with Crippen LogP contribution in [0.5, 0.6) is 5.75 Å². The maximum absolute atomic E-state index is 10.2. The summed E-state index contributed by atoms with van der Waals surface area (Å²) >= 11 is 5.97. The minimum Gasteiger partial charge on any atom is -0.507 e. The number of phenols is 1. The minimum absolute atomic E-state index is 0.0673. The Balaban J connectivity index is 1.73. The highest BCUT2D eigenvalue weighted by molar-refractivity contribution is 6.31. The van der Waals surface area contributed by atoms with Crippen LogP contribution >= 0.6 is 11.6 Å². The minimum atomic E-state index is 0.0673. The van der Waals surface area contributed by atoms with E-state index in [0.29, 0.717) is 52.3 Å². The molecule has 4 N–H and O–H groups in total. The Morgan fingerprint density at radius 1 is 1.31 bits per heavy atom. The van der Waals surface area contributed by atoms with Crippen molar-refractivity contribution in [3.05, 3.63) is 46.1 Å². The number of pyridine rings is 1. The van der Waals surface area contributed by atoms with Gasteiger partial charge < -0.3 is 25.6 Å². The number of aryl methyl sites for hydroxylation is 1. The van der Waals surface area contributed by atoms with E-state index < -0.39 is 0 Å². The number of nitrogens with zero attached hydrogens (tertiary/aromatic N) is 3. The number of nitrogens with one attached hydrogen (secondary N) is 1. The van der Waals surface area contributed by atoms with Crippen LogP contribution in [0.15, 0.2) is 40.0 Å². The van der Waals surface area contributed by atoms with Crippen LogP contribution in [0.2, 0.25) is 5.02 Å². The highest BCUT2D eigenvalue weighted by Crippen LogP contribution is 2.35. The van der Waals surface area contributed by atoms with Gasteiger partial charge in [-0.3, -0.25) is 0 Å². The van der Waals surface area contributed by atoms with Crippen molar-refractivity contribution in [3.63, 3.8) is 0 Å². The highest BCUT2D eigenvalue weighted by atomic mass is 35.5. The van der Waals surface area contributed by atoms with Crippen molar-refractivity contribution >= 4 is 35.1 Å². The van der Waals surface area contributed by atoms with Crippen LogP contribution in [0.4, 0.5) is 6.01 Å². The van der Waals surface area contributed by atoms with Crippen molar-refractivity contribution in [2.24, 2.45) is 5.73 Å². The number of hydrogen-bond acceptors (Lipinski definition) is 7. The average Bonchev–Trinajstić information content (AvgIpc) is 3.16. The summed E-state index contributed by atoms with van der Waals surface area (Å²) in [5, 5.41) is 18.1. The molecule has 0 amide bonds. The molecule has 0 bridgehead atoms. The Morgan fingerprint density at radius 3 is 2.81 bits per heavy atom. The van der Waals surface area contributed by atoms with Gasteiger partial charge in [-0.1, -0.05) is 11.6 Å². The first-order chi connectivity index (χ1) is 12.5. The van der Waals surface area contributed by atoms with E-state index >= 15 is 0 Å². The Kier molecular flexibility index (Phi) is 3.81. The van der Waals surface area contributed by atoms with Crippen molar-refractivity contribution < 1.29 is 9.52 Å². The van der Waals surface area contributed by atoms with Gasteiger partial charge in [0.2, 0.25) is 5.65 Å². The molecule has 2 aromatic heterocycles. The summed E-state index contributed by atoms with van der Waals surface area (Å²) in [6.07, 6.45) is 1.25. The van der Waals surface area contributed by atoms with Crippen molar-refractivity contribution in [3.8, 4) is 17.0 Å². The van der Waals surface area contributed by atoms with Crippen LogP contribution in [0.3, 0.4) is 0 Å². The number of aromatic hydroxyl groups is 1. The molecule has 26 heavy (non-hydrogen) atoms. The molecule has 1 aliphatic heterocycles. The average molecular weight is 370 g/mol. The number of halogens is 1. The highest BCUT2D eigenvalue weighted by Gasteiger charge is 2.23. The van der Waals surface area contributed by atoms with E-state index in [-0.39, 0.29) is 5.75 Å². The molecule has 0 unspecified atom stereocenters. The summed E-state index contributed by atoms with van der Waals surface area (Å²) in [5.41, 5.74) is 10.3. The number of nitrogens with two attached hydrogens (primary N) is 1. The van der Waals surface area contributed by atoms with Gasteiger partial charge in [0.05, 0.1) is 18.8 Å². The summed E-state index contributed by atoms with van der Waals surface area (Å²) in [5.74, 6) is 0.0673. The predicted octanol–water partition coefficient (Wildman–Crippen LogP) is 3.24. The largest absolute Gasteiger partial charge is 0.507 e. The SMILES string of the molecule is Cc1cc(Cl)cc(O)c1-c1ccc2oc(N3CC(N)=C(C=N)C3)nc2n1. The summed E-state index contributed by atoms with van der Waals surface area (Å²) in [7, 11) is 0. The van der Waals surface area contributed by atoms with Crippen molar-refractivity contribution in [2.75, 3.05) is 18.0 Å². The number of oxazole rings is 1. The number of benzene rings is 1. The molecule has 1 aromatic carbocycles. The smallest absolute Gasteiger partial charge is 0.300 e. The molecule has 132 valence electrons. The molecule has 7 nitrogen and oxygen atoms in total. The molecular formula is C18H16ClN5O2. The van der Waals surface area contributed by atoms with Crippen molar-refractivity contribution in [1.82, 2.24) is 9.97 Å². The van der Waals surface area contributed by atoms with Gasteiger partial charge in [0, 0.05) is 28.1 Å². The fraction of sp³-hybridized carbons (Fsp3) is 0.167. The number of aromatic nitrogens is 2. The number of phenolic OH excluding ortho intramolecular Hbond substituents is 1. The van der Waals surface area contributed by atoms with Crippen LogP contribution in [-0.4, -0.2) is 34.4 Å². The Hall–Kier alpha value is -3.06. The third kappa shape index (κ3) is 2.66. The van der Waals surface area contributed by atoms with Crippen molar-refractivity contribution in [2.45, 2.75) is 6.92 Å². The second-order valence-corrected chi connectivity index (χ2v) is 6.62. The van der Waals surface area contributed by atoms with E-state index in [9.17, 15) is 5.11 Å². The Bertz CT molecular complexity index is 1050. The standard InChI is InChI=1S/C18H16ClN5O2/c1-9-4-11(19)5-14(25)16(9)13-2-3-15-17(22-13)23-18(26-15)24-7-10(6-20)12(21)8-24/h2-6,20,25H,7-8,21H2,1H3. The van der Waals surface area contributed by atoms with Gasteiger partial charge in [-0.25, -0.2) is 4.98 Å². The number of rotatable bonds is 3. The maximum Gasteiger partial charge on any atom is 0.300 e. The van der Waals surface area contributed by atoms with Crippen LogP contribution < -0.4 is 10.6 Å². The molecule has 3 aromatic rings.